The van der Waals surface area contributed by atoms with Gasteiger partial charge in [-0.15, -0.1) is 0 Å². The number of ketones is 1. The Morgan fingerprint density at radius 1 is 1.20 bits per heavy atom. The molecule has 78 valence electrons. The molecule has 0 fully saturated rings. The number of carbonyl (C=O) groups is 1. The lowest BCUT2D eigenvalue weighted by atomic mass is 10.2. The molecule has 1 aromatic rings. The highest BCUT2D eigenvalue weighted by atomic mass is 32.2. The van der Waals surface area contributed by atoms with Gasteiger partial charge in [0.1, 0.15) is 11.5 Å². The van der Waals surface area contributed by atoms with Crippen molar-refractivity contribution in [2.45, 2.75) is 6.42 Å². The van der Waals surface area contributed by atoms with Gasteiger partial charge in [0.15, 0.2) is 5.75 Å². The zero-order chi connectivity index (χ0) is 10.5. The Morgan fingerprint density at radius 3 is 2.67 bits per heavy atom. The predicted molar refractivity (Wildman–Crippen MR) is 66.5 cm³/mol. The van der Waals surface area contributed by atoms with E-state index in [0.29, 0.717) is 5.78 Å². The minimum Gasteiger partial charge on any atom is -0.289 e. The molecule has 1 aliphatic rings. The summed E-state index contributed by atoms with van der Waals surface area (Å²) in [5.74, 6) is 3.32. The largest absolute Gasteiger partial charge is 0.289 e. The van der Waals surface area contributed by atoms with Gasteiger partial charge in [-0.25, -0.2) is 0 Å². The topological polar surface area (TPSA) is 17.1 Å². The van der Waals surface area contributed by atoms with Crippen molar-refractivity contribution in [2.24, 2.45) is 0 Å². The first kappa shape index (κ1) is 10.5. The molecular formula is C13H15OS+. The second kappa shape index (κ2) is 5.17. The highest BCUT2D eigenvalue weighted by molar-refractivity contribution is 7.97. The molecule has 0 saturated carbocycles. The molecule has 0 radical (unpaired) electrons. The van der Waals surface area contributed by atoms with Gasteiger partial charge < -0.3 is 0 Å². The number of carbonyl (C=O) groups excluding carboxylic acids is 1. The van der Waals surface area contributed by atoms with Crippen LogP contribution in [0.5, 0.6) is 0 Å². The van der Waals surface area contributed by atoms with Gasteiger partial charge in [-0.3, -0.25) is 4.79 Å². The van der Waals surface area contributed by atoms with Crippen molar-refractivity contribution in [3.8, 4) is 0 Å². The van der Waals surface area contributed by atoms with Gasteiger partial charge in [0, 0.05) is 12.0 Å². The van der Waals surface area contributed by atoms with Crippen LogP contribution in [0.1, 0.15) is 16.8 Å². The maximum absolute atomic E-state index is 11.9. The lowest BCUT2D eigenvalue weighted by Crippen LogP contribution is -2.23. The van der Waals surface area contributed by atoms with Crippen LogP contribution in [0.3, 0.4) is 0 Å². The fraction of sp³-hybridized carbons (Fsp3) is 0.308. The Labute approximate surface area is 93.5 Å². The van der Waals surface area contributed by atoms with Crippen LogP contribution in [-0.2, 0) is 10.9 Å². The second-order valence-corrected chi connectivity index (χ2v) is 5.93. The van der Waals surface area contributed by atoms with E-state index in [4.69, 9.17) is 0 Å². The highest BCUT2D eigenvalue weighted by Gasteiger charge is 2.23. The molecule has 1 atom stereocenters. The van der Waals surface area contributed by atoms with E-state index in [9.17, 15) is 4.79 Å². The molecule has 1 nitrogen and oxygen atoms in total. The van der Waals surface area contributed by atoms with Crippen LogP contribution in [0.15, 0.2) is 42.5 Å². The van der Waals surface area contributed by atoms with Crippen molar-refractivity contribution in [1.29, 1.82) is 0 Å². The Hall–Kier alpha value is -1.02. The average Bonchev–Trinajstić information content (AvgIpc) is 2.31. The highest BCUT2D eigenvalue weighted by Crippen LogP contribution is 2.10. The lowest BCUT2D eigenvalue weighted by Gasteiger charge is -2.08. The third-order valence-electron chi connectivity index (χ3n) is 2.50. The average molecular weight is 219 g/mol. The molecule has 1 unspecified atom stereocenters. The van der Waals surface area contributed by atoms with Gasteiger partial charge in [-0.1, -0.05) is 36.4 Å². The number of allylic oxidation sites excluding steroid dienone is 1. The fourth-order valence-electron chi connectivity index (χ4n) is 1.66. The maximum atomic E-state index is 11.9. The van der Waals surface area contributed by atoms with Crippen LogP contribution in [-0.4, -0.2) is 23.0 Å². The molecule has 0 aliphatic carbocycles. The molecule has 0 saturated heterocycles. The number of benzene rings is 1. The smallest absolute Gasteiger partial charge is 0.211 e. The molecule has 0 bridgehead atoms. The van der Waals surface area contributed by atoms with Crippen LogP contribution >= 0.6 is 0 Å². The third kappa shape index (κ3) is 2.96. The number of rotatable bonds is 3. The van der Waals surface area contributed by atoms with E-state index in [1.54, 1.807) is 0 Å². The van der Waals surface area contributed by atoms with Crippen molar-refractivity contribution in [3.05, 3.63) is 48.0 Å². The van der Waals surface area contributed by atoms with Crippen LogP contribution in [0.4, 0.5) is 0 Å². The molecule has 0 aromatic heterocycles. The lowest BCUT2D eigenvalue weighted by molar-refractivity contribution is 0.102. The van der Waals surface area contributed by atoms with Gasteiger partial charge in [0.25, 0.3) is 0 Å². The molecule has 2 rings (SSSR count). The van der Waals surface area contributed by atoms with Crippen molar-refractivity contribution < 1.29 is 4.79 Å². The Kier molecular flexibility index (Phi) is 3.62. The van der Waals surface area contributed by atoms with E-state index in [1.807, 2.05) is 30.3 Å². The third-order valence-corrected chi connectivity index (χ3v) is 4.65. The van der Waals surface area contributed by atoms with Crippen LogP contribution in [0.2, 0.25) is 0 Å². The Balaban J connectivity index is 1.95. The molecular weight excluding hydrogens is 204 g/mol. The van der Waals surface area contributed by atoms with Crippen LogP contribution in [0, 0.1) is 0 Å². The summed E-state index contributed by atoms with van der Waals surface area (Å²) in [6, 6.07) is 9.62. The summed E-state index contributed by atoms with van der Waals surface area (Å²) >= 11 is 0. The number of hydrogen-bond acceptors (Lipinski definition) is 1. The van der Waals surface area contributed by atoms with E-state index in [2.05, 4.69) is 12.2 Å². The van der Waals surface area contributed by atoms with E-state index >= 15 is 0 Å². The van der Waals surface area contributed by atoms with Gasteiger partial charge in [-0.05, 0) is 17.0 Å². The standard InChI is InChI=1S/C13H15OS/c14-13(12-7-3-1-4-8-12)11-15-9-5-2-6-10-15/h1-5,7-8H,6,9-11H2/q+1. The van der Waals surface area contributed by atoms with Gasteiger partial charge in [0.05, 0.1) is 0 Å². The van der Waals surface area contributed by atoms with Crippen molar-refractivity contribution in [1.82, 2.24) is 0 Å². The normalized spacial score (nSPS) is 20.1. The summed E-state index contributed by atoms with van der Waals surface area (Å²) in [6.45, 7) is 0. The minimum absolute atomic E-state index is 0.288. The molecule has 0 spiro atoms. The first-order valence-corrected chi connectivity index (χ1v) is 6.97. The van der Waals surface area contributed by atoms with E-state index in [1.165, 1.54) is 5.75 Å². The molecule has 15 heavy (non-hydrogen) atoms. The number of hydrogen-bond donors (Lipinski definition) is 0. The quantitative estimate of drug-likeness (QED) is 0.433. The molecule has 1 heterocycles. The molecule has 0 amide bonds. The van der Waals surface area contributed by atoms with Gasteiger partial charge in [0.2, 0.25) is 5.78 Å². The Morgan fingerprint density at radius 2 is 2.00 bits per heavy atom. The minimum atomic E-state index is 0.288. The first-order chi connectivity index (χ1) is 7.36. The SMILES string of the molecule is O=C(C[S+]1CC=CCC1)c1ccccc1. The summed E-state index contributed by atoms with van der Waals surface area (Å²) in [5.41, 5.74) is 0.861. The van der Waals surface area contributed by atoms with Crippen molar-refractivity contribution in [2.75, 3.05) is 17.3 Å². The summed E-state index contributed by atoms with van der Waals surface area (Å²) in [6.07, 6.45) is 5.58. The summed E-state index contributed by atoms with van der Waals surface area (Å²) in [7, 11) is 0.288. The van der Waals surface area contributed by atoms with Gasteiger partial charge in [-0.2, -0.15) is 0 Å². The molecule has 1 aliphatic heterocycles. The monoisotopic (exact) mass is 219 g/mol. The second-order valence-electron chi connectivity index (χ2n) is 3.68. The first-order valence-electron chi connectivity index (χ1n) is 5.23. The summed E-state index contributed by atoms with van der Waals surface area (Å²) in [4.78, 5) is 11.9. The zero-order valence-electron chi connectivity index (χ0n) is 8.69. The van der Waals surface area contributed by atoms with Crippen molar-refractivity contribution >= 4 is 16.7 Å². The molecule has 2 heteroatoms. The summed E-state index contributed by atoms with van der Waals surface area (Å²) in [5, 5.41) is 0. The van der Waals surface area contributed by atoms with Crippen LogP contribution < -0.4 is 0 Å². The van der Waals surface area contributed by atoms with E-state index < -0.39 is 0 Å². The van der Waals surface area contributed by atoms with Crippen LogP contribution in [0.25, 0.3) is 0 Å². The maximum Gasteiger partial charge on any atom is 0.211 e. The predicted octanol–water partition coefficient (Wildman–Crippen LogP) is 2.45. The molecule has 1 aromatic carbocycles. The van der Waals surface area contributed by atoms with E-state index in [0.717, 1.165) is 23.5 Å². The Bertz CT molecular complexity index is 356. The fourth-order valence-corrected chi connectivity index (χ4v) is 3.51. The van der Waals surface area contributed by atoms with Gasteiger partial charge >= 0.3 is 0 Å². The van der Waals surface area contributed by atoms with E-state index in [-0.39, 0.29) is 10.9 Å². The van der Waals surface area contributed by atoms with Crippen molar-refractivity contribution in [3.63, 3.8) is 0 Å². The number of Topliss-reactive ketones (excluding diaryl/α,β-unsaturated/α-hetero) is 1. The summed E-state index contributed by atoms with van der Waals surface area (Å²) < 4.78 is 0. The molecule has 0 N–H and O–H groups in total. The zero-order valence-corrected chi connectivity index (χ0v) is 9.50.